The van der Waals surface area contributed by atoms with Gasteiger partial charge in [-0.1, -0.05) is 59.7 Å². The van der Waals surface area contributed by atoms with Gasteiger partial charge in [0.1, 0.15) is 0 Å². The number of fused-ring (bicyclic) bond motifs is 2. The van der Waals surface area contributed by atoms with Gasteiger partial charge in [-0.2, -0.15) is 0 Å². The highest BCUT2D eigenvalue weighted by Crippen LogP contribution is 2.72. The number of hydrogen-bond acceptors (Lipinski definition) is 0. The monoisotopic (exact) mass is 400 g/mol. The quantitative estimate of drug-likeness (QED) is 0.486. The molecule has 0 spiro atoms. The topological polar surface area (TPSA) is 0 Å². The highest BCUT2D eigenvalue weighted by atomic mass is 32.3. The molecule has 2 atom stereocenters. The Balaban J connectivity index is 1.45. The first-order chi connectivity index (χ1) is 14.0. The standard InChI is InChI=1S/C28H32S/c1-17-15-25-21(19-11-12-19)7-5-9-23(25)27(17)29(3,4)28-18(2)16-26-22(20-13-14-20)8-6-10-24(26)28/h5-10,15-16,19-20,27-28H,11-14H2,1-4H3. The van der Waals surface area contributed by atoms with E-state index in [9.17, 15) is 0 Å². The van der Waals surface area contributed by atoms with Crippen LogP contribution in [-0.4, -0.2) is 12.5 Å². The van der Waals surface area contributed by atoms with Gasteiger partial charge in [0.2, 0.25) is 0 Å². The van der Waals surface area contributed by atoms with E-state index in [0.717, 1.165) is 11.8 Å². The predicted molar refractivity (Wildman–Crippen MR) is 129 cm³/mol. The summed E-state index contributed by atoms with van der Waals surface area (Å²) >= 11 is 0. The van der Waals surface area contributed by atoms with Gasteiger partial charge in [-0.25, -0.2) is 10.0 Å². The first-order valence-electron chi connectivity index (χ1n) is 11.3. The Morgan fingerprint density at radius 3 is 1.38 bits per heavy atom. The third-order valence-electron chi connectivity index (χ3n) is 7.73. The molecule has 1 heteroatoms. The zero-order valence-electron chi connectivity index (χ0n) is 18.2. The van der Waals surface area contributed by atoms with Crippen LogP contribution in [0.15, 0.2) is 47.5 Å². The van der Waals surface area contributed by atoms with E-state index in [1.165, 1.54) is 25.7 Å². The fourth-order valence-electron chi connectivity index (χ4n) is 6.34. The maximum Gasteiger partial charge on any atom is 0.0361 e. The van der Waals surface area contributed by atoms with E-state index in [4.69, 9.17) is 0 Å². The smallest absolute Gasteiger partial charge is 0.0361 e. The molecule has 0 radical (unpaired) electrons. The van der Waals surface area contributed by atoms with E-state index < -0.39 is 10.0 Å². The lowest BCUT2D eigenvalue weighted by atomic mass is 10.00. The molecule has 2 aromatic carbocycles. The van der Waals surface area contributed by atoms with Gasteiger partial charge in [0.25, 0.3) is 0 Å². The third kappa shape index (κ3) is 2.66. The molecule has 0 nitrogen and oxygen atoms in total. The summed E-state index contributed by atoms with van der Waals surface area (Å²) in [6.07, 6.45) is 15.8. The summed E-state index contributed by atoms with van der Waals surface area (Å²) in [4.78, 5) is 0. The molecule has 6 rings (SSSR count). The zero-order valence-corrected chi connectivity index (χ0v) is 19.0. The normalized spacial score (nSPS) is 26.1. The molecule has 0 heterocycles. The van der Waals surface area contributed by atoms with E-state index in [0.29, 0.717) is 10.5 Å². The van der Waals surface area contributed by atoms with Crippen LogP contribution >= 0.6 is 10.0 Å². The van der Waals surface area contributed by atoms with E-state index in [1.807, 2.05) is 0 Å². The molecule has 2 fully saturated rings. The van der Waals surface area contributed by atoms with Crippen molar-refractivity contribution < 1.29 is 0 Å². The molecule has 0 aliphatic heterocycles. The first-order valence-corrected chi connectivity index (χ1v) is 13.9. The molecule has 0 saturated heterocycles. The molecule has 4 aliphatic carbocycles. The number of hydrogen-bond donors (Lipinski definition) is 0. The Kier molecular flexibility index (Phi) is 3.83. The summed E-state index contributed by atoms with van der Waals surface area (Å²) in [6, 6.07) is 14.3. The Hall–Kier alpha value is -1.73. The predicted octanol–water partition coefficient (Wildman–Crippen LogP) is 8.12. The third-order valence-corrected chi connectivity index (χ3v) is 11.4. The van der Waals surface area contributed by atoms with E-state index in [-0.39, 0.29) is 0 Å². The summed E-state index contributed by atoms with van der Waals surface area (Å²) in [5.74, 6) is 1.64. The Bertz CT molecular complexity index is 990. The molecule has 0 aromatic heterocycles. The molecule has 2 saturated carbocycles. The molecular weight excluding hydrogens is 368 g/mol. The van der Waals surface area contributed by atoms with Crippen molar-refractivity contribution in [1.82, 2.24) is 0 Å². The molecule has 2 aromatic rings. The molecule has 0 N–H and O–H groups in total. The molecule has 2 unspecified atom stereocenters. The summed E-state index contributed by atoms with van der Waals surface area (Å²) in [5.41, 5.74) is 12.8. The van der Waals surface area contributed by atoms with Crippen LogP contribution in [-0.2, 0) is 0 Å². The first kappa shape index (κ1) is 18.1. The van der Waals surface area contributed by atoms with E-state index in [1.54, 1.807) is 44.5 Å². The Morgan fingerprint density at radius 2 is 1.00 bits per heavy atom. The lowest BCUT2D eigenvalue weighted by molar-refractivity contribution is 1.04. The van der Waals surface area contributed by atoms with Crippen LogP contribution in [0.2, 0.25) is 0 Å². The van der Waals surface area contributed by atoms with Crippen LogP contribution < -0.4 is 0 Å². The van der Waals surface area contributed by atoms with Crippen molar-refractivity contribution in [3.8, 4) is 0 Å². The van der Waals surface area contributed by atoms with Crippen LogP contribution in [0.1, 0.15) is 95.2 Å². The van der Waals surface area contributed by atoms with E-state index >= 15 is 0 Å². The molecule has 4 aliphatic rings. The average Bonchev–Trinajstić information content (AvgIpc) is 3.59. The van der Waals surface area contributed by atoms with Crippen molar-refractivity contribution in [2.45, 2.75) is 61.9 Å². The van der Waals surface area contributed by atoms with Gasteiger partial charge < -0.3 is 0 Å². The molecular formula is C28H32S. The Labute approximate surface area is 177 Å². The van der Waals surface area contributed by atoms with Crippen molar-refractivity contribution >= 4 is 22.2 Å². The lowest BCUT2D eigenvalue weighted by Crippen LogP contribution is -2.16. The lowest BCUT2D eigenvalue weighted by Gasteiger charge is -2.46. The molecule has 0 amide bonds. The number of benzene rings is 2. The van der Waals surface area contributed by atoms with E-state index in [2.05, 4.69) is 74.9 Å². The minimum Gasteiger partial charge on any atom is -0.226 e. The summed E-state index contributed by atoms with van der Waals surface area (Å²) in [5, 5.41) is 1.17. The van der Waals surface area contributed by atoms with Gasteiger partial charge in [0.05, 0.1) is 0 Å². The molecule has 29 heavy (non-hydrogen) atoms. The second-order valence-corrected chi connectivity index (χ2v) is 14.2. The van der Waals surface area contributed by atoms with Crippen molar-refractivity contribution in [3.63, 3.8) is 0 Å². The van der Waals surface area contributed by atoms with Crippen molar-refractivity contribution in [3.05, 3.63) is 80.9 Å². The average molecular weight is 401 g/mol. The summed E-state index contributed by atoms with van der Waals surface area (Å²) < 4.78 is 0. The summed E-state index contributed by atoms with van der Waals surface area (Å²) in [7, 11) is -0.944. The van der Waals surface area contributed by atoms with Crippen LogP contribution in [0, 0.1) is 0 Å². The molecule has 0 bridgehead atoms. The van der Waals surface area contributed by atoms with Crippen molar-refractivity contribution in [2.75, 3.05) is 12.5 Å². The van der Waals surface area contributed by atoms with Gasteiger partial charge >= 0.3 is 0 Å². The van der Waals surface area contributed by atoms with Crippen LogP contribution in [0.25, 0.3) is 12.2 Å². The second kappa shape index (κ2) is 6.14. The number of rotatable bonds is 4. The van der Waals surface area contributed by atoms with Crippen LogP contribution in [0.5, 0.6) is 0 Å². The van der Waals surface area contributed by atoms with Gasteiger partial charge in [0, 0.05) is 10.5 Å². The van der Waals surface area contributed by atoms with Gasteiger partial charge in [-0.3, -0.25) is 0 Å². The zero-order chi connectivity index (χ0) is 19.9. The highest BCUT2D eigenvalue weighted by Gasteiger charge is 2.43. The van der Waals surface area contributed by atoms with Gasteiger partial charge in [0.15, 0.2) is 0 Å². The largest absolute Gasteiger partial charge is 0.226 e. The Morgan fingerprint density at radius 1 is 0.621 bits per heavy atom. The minimum absolute atomic E-state index is 0.583. The van der Waals surface area contributed by atoms with Crippen molar-refractivity contribution in [2.24, 2.45) is 0 Å². The molecule has 150 valence electrons. The van der Waals surface area contributed by atoms with Gasteiger partial charge in [-0.15, -0.1) is 0 Å². The summed E-state index contributed by atoms with van der Waals surface area (Å²) in [6.45, 7) is 4.79. The van der Waals surface area contributed by atoms with Gasteiger partial charge in [-0.05, 0) is 97.3 Å². The second-order valence-electron chi connectivity index (χ2n) is 10.3. The van der Waals surface area contributed by atoms with Crippen molar-refractivity contribution in [1.29, 1.82) is 0 Å². The minimum atomic E-state index is -0.944. The maximum absolute atomic E-state index is 2.61. The SMILES string of the molecule is CC1=Cc2c(C3CC3)cccc2C1S(C)(C)C1C(C)=Cc2c(C3CC3)cccc21. The fourth-order valence-corrected chi connectivity index (χ4v) is 10.4. The van der Waals surface area contributed by atoms with Crippen LogP contribution in [0.4, 0.5) is 0 Å². The highest BCUT2D eigenvalue weighted by molar-refractivity contribution is 8.33. The van der Waals surface area contributed by atoms with Crippen LogP contribution in [0.3, 0.4) is 0 Å². The maximum atomic E-state index is 2.61. The fraction of sp³-hybridized carbons (Fsp3) is 0.429.